The van der Waals surface area contributed by atoms with Crippen LogP contribution in [-0.4, -0.2) is 30.3 Å². The number of thiocarbonyl (C=S) groups is 1. The first-order chi connectivity index (χ1) is 15.7. The average molecular weight is 447 g/mol. The van der Waals surface area contributed by atoms with E-state index < -0.39 is 5.92 Å². The van der Waals surface area contributed by atoms with Gasteiger partial charge in [-0.3, -0.25) is 4.79 Å². The maximum atomic E-state index is 13.2. The summed E-state index contributed by atoms with van der Waals surface area (Å²) in [5.41, 5.74) is 2.56. The number of carbonyl (C=O) groups is 1. The minimum Gasteiger partial charge on any atom is -0.491 e. The molecule has 1 aliphatic heterocycles. The van der Waals surface area contributed by atoms with E-state index in [0.29, 0.717) is 6.61 Å². The molecule has 4 rings (SSSR count). The highest BCUT2D eigenvalue weighted by molar-refractivity contribution is 7.80. The number of carbonyl (C=O) groups excluding carboxylic acids is 1. The molecule has 1 amide bonds. The van der Waals surface area contributed by atoms with E-state index in [4.69, 9.17) is 21.7 Å². The highest BCUT2D eigenvalue weighted by Crippen LogP contribution is 2.25. The van der Waals surface area contributed by atoms with Crippen LogP contribution in [0.4, 0.5) is 5.69 Å². The van der Waals surface area contributed by atoms with Gasteiger partial charge in [0, 0.05) is 18.4 Å². The summed E-state index contributed by atoms with van der Waals surface area (Å²) in [6.07, 6.45) is 2.26. The van der Waals surface area contributed by atoms with Gasteiger partial charge in [-0.2, -0.15) is 0 Å². The van der Waals surface area contributed by atoms with Crippen LogP contribution in [0.5, 0.6) is 5.75 Å². The number of rotatable bonds is 7. The van der Waals surface area contributed by atoms with Crippen LogP contribution in [0.3, 0.4) is 0 Å². The second kappa shape index (κ2) is 10.9. The molecule has 164 valence electrons. The van der Waals surface area contributed by atoms with E-state index in [-0.39, 0.29) is 17.1 Å². The maximum Gasteiger partial charge on any atom is 0.238 e. The van der Waals surface area contributed by atoms with E-state index in [1.807, 2.05) is 84.9 Å². The largest absolute Gasteiger partial charge is 0.491 e. The lowest BCUT2D eigenvalue weighted by molar-refractivity contribution is -0.120. The lowest BCUT2D eigenvalue weighted by atomic mass is 9.90. The highest BCUT2D eigenvalue weighted by atomic mass is 32.1. The summed E-state index contributed by atoms with van der Waals surface area (Å²) in [7, 11) is 0. The molecule has 3 aromatic rings. The Morgan fingerprint density at radius 2 is 1.69 bits per heavy atom. The Hall–Kier alpha value is -3.22. The summed E-state index contributed by atoms with van der Waals surface area (Å²) in [5, 5.41) is 6.17. The van der Waals surface area contributed by atoms with E-state index in [0.717, 1.165) is 42.0 Å². The van der Waals surface area contributed by atoms with Gasteiger partial charge in [0.05, 0.1) is 12.0 Å². The van der Waals surface area contributed by atoms with Crippen molar-refractivity contribution in [1.82, 2.24) is 5.32 Å². The SMILES string of the molecule is O=C(NC(=S)Nc1cccc(OCC2CCCO2)c1)C(c1ccccc1)c1ccccc1. The van der Waals surface area contributed by atoms with Crippen molar-refractivity contribution in [2.24, 2.45) is 0 Å². The summed E-state index contributed by atoms with van der Waals surface area (Å²) in [5.74, 6) is 0.0787. The van der Waals surface area contributed by atoms with Gasteiger partial charge in [-0.05, 0) is 48.3 Å². The number of amides is 1. The molecule has 32 heavy (non-hydrogen) atoms. The second-order valence-electron chi connectivity index (χ2n) is 7.67. The van der Waals surface area contributed by atoms with Crippen molar-refractivity contribution in [2.75, 3.05) is 18.5 Å². The van der Waals surface area contributed by atoms with Crippen molar-refractivity contribution in [1.29, 1.82) is 0 Å². The van der Waals surface area contributed by atoms with Crippen LogP contribution in [0.25, 0.3) is 0 Å². The molecule has 0 radical (unpaired) electrons. The first-order valence-electron chi connectivity index (χ1n) is 10.8. The van der Waals surface area contributed by atoms with E-state index >= 15 is 0 Å². The number of benzene rings is 3. The van der Waals surface area contributed by atoms with Crippen LogP contribution in [0.15, 0.2) is 84.9 Å². The smallest absolute Gasteiger partial charge is 0.238 e. The standard InChI is InChI=1S/C26H26N2O3S/c29-25(24(19-9-3-1-4-10-19)20-11-5-2-6-12-20)28-26(32)27-21-13-7-14-22(17-21)31-18-23-15-8-16-30-23/h1-7,9-14,17,23-24H,8,15-16,18H2,(H2,27,28,29,32). The fourth-order valence-electron chi connectivity index (χ4n) is 3.76. The zero-order valence-electron chi connectivity index (χ0n) is 17.7. The van der Waals surface area contributed by atoms with Crippen molar-refractivity contribution in [3.05, 3.63) is 96.1 Å². The van der Waals surface area contributed by atoms with Crippen molar-refractivity contribution in [2.45, 2.75) is 24.9 Å². The Morgan fingerprint density at radius 3 is 2.31 bits per heavy atom. The van der Waals surface area contributed by atoms with E-state index in [1.54, 1.807) is 0 Å². The summed E-state index contributed by atoms with van der Waals surface area (Å²) < 4.78 is 11.5. The van der Waals surface area contributed by atoms with Crippen LogP contribution in [-0.2, 0) is 9.53 Å². The number of hydrogen-bond donors (Lipinski definition) is 2. The summed E-state index contributed by atoms with van der Waals surface area (Å²) in [6.45, 7) is 1.33. The van der Waals surface area contributed by atoms with Gasteiger partial charge in [0.25, 0.3) is 0 Å². The fraction of sp³-hybridized carbons (Fsp3) is 0.231. The van der Waals surface area contributed by atoms with Crippen molar-refractivity contribution >= 4 is 28.9 Å². The van der Waals surface area contributed by atoms with Crippen LogP contribution in [0, 0.1) is 0 Å². The molecule has 2 N–H and O–H groups in total. The molecule has 1 unspecified atom stereocenters. The molecule has 0 bridgehead atoms. The van der Waals surface area contributed by atoms with Gasteiger partial charge in [-0.25, -0.2) is 0 Å². The minimum absolute atomic E-state index is 0.153. The number of hydrogen-bond acceptors (Lipinski definition) is 4. The Bertz CT molecular complexity index is 998. The molecule has 0 spiro atoms. The van der Waals surface area contributed by atoms with E-state index in [1.165, 1.54) is 0 Å². The molecule has 1 saturated heterocycles. The van der Waals surface area contributed by atoms with Crippen LogP contribution >= 0.6 is 12.2 Å². The van der Waals surface area contributed by atoms with Gasteiger partial charge in [0.15, 0.2) is 5.11 Å². The molecule has 1 aliphatic rings. The van der Waals surface area contributed by atoms with Crippen molar-refractivity contribution in [3.8, 4) is 5.75 Å². The Kier molecular flexibility index (Phi) is 7.48. The van der Waals surface area contributed by atoms with Gasteiger partial charge in [0.1, 0.15) is 12.4 Å². The van der Waals surface area contributed by atoms with Gasteiger partial charge >= 0.3 is 0 Å². The van der Waals surface area contributed by atoms with Crippen LogP contribution < -0.4 is 15.4 Å². The molecular weight excluding hydrogens is 420 g/mol. The fourth-order valence-corrected chi connectivity index (χ4v) is 3.98. The first kappa shape index (κ1) is 22.0. The lowest BCUT2D eigenvalue weighted by Crippen LogP contribution is -2.37. The predicted octanol–water partition coefficient (Wildman–Crippen LogP) is 4.89. The lowest BCUT2D eigenvalue weighted by Gasteiger charge is -2.19. The molecule has 1 fully saturated rings. The van der Waals surface area contributed by atoms with Crippen LogP contribution in [0.2, 0.25) is 0 Å². The number of anilines is 1. The third-order valence-electron chi connectivity index (χ3n) is 5.32. The van der Waals surface area contributed by atoms with Gasteiger partial charge in [-0.1, -0.05) is 66.7 Å². The van der Waals surface area contributed by atoms with Gasteiger partial charge in [-0.15, -0.1) is 0 Å². The Balaban J connectivity index is 1.40. The second-order valence-corrected chi connectivity index (χ2v) is 8.08. The maximum absolute atomic E-state index is 13.2. The average Bonchev–Trinajstić information content (AvgIpc) is 3.33. The molecule has 1 atom stereocenters. The number of nitrogens with one attached hydrogen (secondary N) is 2. The monoisotopic (exact) mass is 446 g/mol. The van der Waals surface area contributed by atoms with E-state index in [2.05, 4.69) is 10.6 Å². The third-order valence-corrected chi connectivity index (χ3v) is 5.52. The van der Waals surface area contributed by atoms with E-state index in [9.17, 15) is 4.79 Å². The van der Waals surface area contributed by atoms with Crippen molar-refractivity contribution < 1.29 is 14.3 Å². The van der Waals surface area contributed by atoms with Gasteiger partial charge in [0.2, 0.25) is 5.91 Å². The van der Waals surface area contributed by atoms with Crippen molar-refractivity contribution in [3.63, 3.8) is 0 Å². The molecule has 0 aromatic heterocycles. The van der Waals surface area contributed by atoms with Crippen LogP contribution in [0.1, 0.15) is 29.9 Å². The molecule has 1 heterocycles. The molecule has 0 saturated carbocycles. The zero-order chi connectivity index (χ0) is 22.2. The first-order valence-corrected chi connectivity index (χ1v) is 11.2. The minimum atomic E-state index is -0.460. The predicted molar refractivity (Wildman–Crippen MR) is 130 cm³/mol. The summed E-state index contributed by atoms with van der Waals surface area (Å²) in [4.78, 5) is 13.2. The molecule has 6 heteroatoms. The summed E-state index contributed by atoms with van der Waals surface area (Å²) in [6, 6.07) is 26.9. The highest BCUT2D eigenvalue weighted by Gasteiger charge is 2.23. The molecular formula is C26H26N2O3S. The Morgan fingerprint density at radius 1 is 1.00 bits per heavy atom. The topological polar surface area (TPSA) is 59.6 Å². The van der Waals surface area contributed by atoms with Gasteiger partial charge < -0.3 is 20.1 Å². The quantitative estimate of drug-likeness (QED) is 0.506. The third kappa shape index (κ3) is 5.93. The zero-order valence-corrected chi connectivity index (χ0v) is 18.5. The molecule has 3 aromatic carbocycles. The summed E-state index contributed by atoms with van der Waals surface area (Å²) >= 11 is 5.42. The normalized spacial score (nSPS) is 15.3. The Labute approximate surface area is 193 Å². The molecule has 5 nitrogen and oxygen atoms in total. The molecule has 0 aliphatic carbocycles. The number of ether oxygens (including phenoxy) is 2.